The van der Waals surface area contributed by atoms with E-state index in [0.717, 1.165) is 6.42 Å². The summed E-state index contributed by atoms with van der Waals surface area (Å²) in [7, 11) is 2.04. The molecule has 0 aliphatic carbocycles. The molecular formula is C17H30N2. The Balaban J connectivity index is 3.07. The van der Waals surface area contributed by atoms with Gasteiger partial charge in [-0.05, 0) is 55.0 Å². The molecule has 0 saturated heterocycles. The Kier molecular flexibility index (Phi) is 5.57. The van der Waals surface area contributed by atoms with Crippen LogP contribution in [0.4, 0.5) is 0 Å². The second-order valence-electron chi connectivity index (χ2n) is 6.68. The van der Waals surface area contributed by atoms with E-state index in [1.807, 2.05) is 7.05 Å². The van der Waals surface area contributed by atoms with Crippen LogP contribution < -0.4 is 11.1 Å². The van der Waals surface area contributed by atoms with E-state index >= 15 is 0 Å². The second kappa shape index (κ2) is 6.53. The Hall–Kier alpha value is -0.860. The molecule has 0 fully saturated rings. The minimum atomic E-state index is 0.161. The average molecular weight is 262 g/mol. The number of hydrogen-bond donors (Lipinski definition) is 2. The Morgan fingerprint density at radius 3 is 2.37 bits per heavy atom. The first-order valence-corrected chi connectivity index (χ1v) is 7.28. The maximum Gasteiger partial charge on any atom is 0.0325 e. The third-order valence-corrected chi connectivity index (χ3v) is 4.00. The Labute approximate surface area is 118 Å². The number of hydrogen-bond acceptors (Lipinski definition) is 2. The highest BCUT2D eigenvalue weighted by Crippen LogP contribution is 2.32. The smallest absolute Gasteiger partial charge is 0.0325 e. The molecule has 0 amide bonds. The van der Waals surface area contributed by atoms with Crippen LogP contribution in [0.1, 0.15) is 62.8 Å². The highest BCUT2D eigenvalue weighted by atomic mass is 14.9. The summed E-state index contributed by atoms with van der Waals surface area (Å²) in [6.45, 7) is 11.9. The van der Waals surface area contributed by atoms with Gasteiger partial charge in [-0.15, -0.1) is 0 Å². The summed E-state index contributed by atoms with van der Waals surface area (Å²) in [5, 5.41) is 3.46. The maximum absolute atomic E-state index is 5.88. The Morgan fingerprint density at radius 2 is 1.89 bits per heavy atom. The predicted molar refractivity (Wildman–Crippen MR) is 84.5 cm³/mol. The molecule has 1 aromatic rings. The summed E-state index contributed by atoms with van der Waals surface area (Å²) in [6, 6.07) is 7.21. The van der Waals surface area contributed by atoms with Gasteiger partial charge in [-0.2, -0.15) is 0 Å². The summed E-state index contributed by atoms with van der Waals surface area (Å²) in [6.07, 6.45) is 1.06. The van der Waals surface area contributed by atoms with Gasteiger partial charge in [0.2, 0.25) is 0 Å². The SMILES string of the molecule is CNC(CC(C)(C)CN)c1cc(C(C)C)ccc1C. The largest absolute Gasteiger partial charge is 0.330 e. The zero-order valence-electron chi connectivity index (χ0n) is 13.4. The van der Waals surface area contributed by atoms with Crippen molar-refractivity contribution in [1.82, 2.24) is 5.32 Å². The van der Waals surface area contributed by atoms with Gasteiger partial charge in [0, 0.05) is 6.04 Å². The minimum absolute atomic E-state index is 0.161. The van der Waals surface area contributed by atoms with E-state index in [-0.39, 0.29) is 5.41 Å². The maximum atomic E-state index is 5.88. The van der Waals surface area contributed by atoms with Crippen LogP contribution in [-0.4, -0.2) is 13.6 Å². The van der Waals surface area contributed by atoms with Crippen LogP contribution in [0, 0.1) is 12.3 Å². The molecule has 3 N–H and O–H groups in total. The first kappa shape index (κ1) is 16.2. The van der Waals surface area contributed by atoms with E-state index in [2.05, 4.69) is 58.1 Å². The molecule has 0 aliphatic rings. The van der Waals surface area contributed by atoms with Gasteiger partial charge in [-0.3, -0.25) is 0 Å². The topological polar surface area (TPSA) is 38.0 Å². The van der Waals surface area contributed by atoms with Crippen molar-refractivity contribution in [2.24, 2.45) is 11.1 Å². The molecule has 0 bridgehead atoms. The second-order valence-corrected chi connectivity index (χ2v) is 6.68. The third kappa shape index (κ3) is 4.32. The molecule has 2 nitrogen and oxygen atoms in total. The summed E-state index contributed by atoms with van der Waals surface area (Å²) >= 11 is 0. The van der Waals surface area contributed by atoms with Gasteiger partial charge in [0.15, 0.2) is 0 Å². The number of aryl methyl sites for hydroxylation is 1. The van der Waals surface area contributed by atoms with E-state index in [1.54, 1.807) is 0 Å². The molecule has 1 atom stereocenters. The zero-order valence-corrected chi connectivity index (χ0v) is 13.4. The Morgan fingerprint density at radius 1 is 1.26 bits per heavy atom. The Bertz CT molecular complexity index is 408. The normalized spacial score (nSPS) is 13.9. The van der Waals surface area contributed by atoms with Crippen LogP contribution in [-0.2, 0) is 0 Å². The lowest BCUT2D eigenvalue weighted by Crippen LogP contribution is -2.30. The fraction of sp³-hybridized carbons (Fsp3) is 0.647. The van der Waals surface area contributed by atoms with Crippen LogP contribution in [0.25, 0.3) is 0 Å². The quantitative estimate of drug-likeness (QED) is 0.819. The monoisotopic (exact) mass is 262 g/mol. The zero-order chi connectivity index (χ0) is 14.6. The highest BCUT2D eigenvalue weighted by molar-refractivity contribution is 5.35. The van der Waals surface area contributed by atoms with Crippen molar-refractivity contribution in [3.63, 3.8) is 0 Å². The van der Waals surface area contributed by atoms with Crippen LogP contribution in [0.15, 0.2) is 18.2 Å². The van der Waals surface area contributed by atoms with Crippen LogP contribution in [0.5, 0.6) is 0 Å². The predicted octanol–water partition coefficient (Wildman–Crippen LogP) is 3.75. The third-order valence-electron chi connectivity index (χ3n) is 4.00. The first-order valence-electron chi connectivity index (χ1n) is 7.28. The number of nitrogens with one attached hydrogen (secondary N) is 1. The lowest BCUT2D eigenvalue weighted by molar-refractivity contribution is 0.298. The van der Waals surface area contributed by atoms with Gasteiger partial charge in [0.25, 0.3) is 0 Å². The number of nitrogens with two attached hydrogens (primary N) is 1. The molecular weight excluding hydrogens is 232 g/mol. The molecule has 1 rings (SSSR count). The summed E-state index contributed by atoms with van der Waals surface area (Å²) in [5.41, 5.74) is 10.2. The fourth-order valence-electron chi connectivity index (χ4n) is 2.40. The van der Waals surface area contributed by atoms with Crippen LogP contribution >= 0.6 is 0 Å². The van der Waals surface area contributed by atoms with Crippen molar-refractivity contribution in [1.29, 1.82) is 0 Å². The van der Waals surface area contributed by atoms with E-state index in [0.29, 0.717) is 18.5 Å². The molecule has 0 radical (unpaired) electrons. The molecule has 19 heavy (non-hydrogen) atoms. The van der Waals surface area contributed by atoms with Crippen molar-refractivity contribution in [2.45, 2.75) is 53.0 Å². The minimum Gasteiger partial charge on any atom is -0.330 e. The lowest BCUT2D eigenvalue weighted by atomic mass is 9.82. The van der Waals surface area contributed by atoms with Crippen molar-refractivity contribution in [3.8, 4) is 0 Å². The molecule has 1 unspecified atom stereocenters. The van der Waals surface area contributed by atoms with Crippen molar-refractivity contribution >= 4 is 0 Å². The van der Waals surface area contributed by atoms with E-state index in [1.165, 1.54) is 16.7 Å². The van der Waals surface area contributed by atoms with Crippen molar-refractivity contribution in [2.75, 3.05) is 13.6 Å². The van der Waals surface area contributed by atoms with Gasteiger partial charge < -0.3 is 11.1 Å². The molecule has 0 aliphatic heterocycles. The van der Waals surface area contributed by atoms with E-state index < -0.39 is 0 Å². The molecule has 108 valence electrons. The van der Waals surface area contributed by atoms with Gasteiger partial charge in [-0.25, -0.2) is 0 Å². The van der Waals surface area contributed by atoms with Gasteiger partial charge in [-0.1, -0.05) is 45.9 Å². The average Bonchev–Trinajstić information content (AvgIpc) is 2.36. The van der Waals surface area contributed by atoms with Gasteiger partial charge >= 0.3 is 0 Å². The molecule has 1 aromatic carbocycles. The molecule has 0 aromatic heterocycles. The summed E-state index contributed by atoms with van der Waals surface area (Å²) in [4.78, 5) is 0. The summed E-state index contributed by atoms with van der Waals surface area (Å²) in [5.74, 6) is 0.569. The lowest BCUT2D eigenvalue weighted by Gasteiger charge is -2.30. The summed E-state index contributed by atoms with van der Waals surface area (Å²) < 4.78 is 0. The fourth-order valence-corrected chi connectivity index (χ4v) is 2.40. The standard InChI is InChI=1S/C17H30N2/c1-12(2)14-8-7-13(3)15(9-14)16(19-6)10-17(4,5)11-18/h7-9,12,16,19H,10-11,18H2,1-6H3. The van der Waals surface area contributed by atoms with Crippen LogP contribution in [0.3, 0.4) is 0 Å². The van der Waals surface area contributed by atoms with Crippen molar-refractivity contribution in [3.05, 3.63) is 34.9 Å². The van der Waals surface area contributed by atoms with Crippen molar-refractivity contribution < 1.29 is 0 Å². The highest BCUT2D eigenvalue weighted by Gasteiger charge is 2.23. The first-order chi connectivity index (χ1) is 8.80. The van der Waals surface area contributed by atoms with Gasteiger partial charge in [0.1, 0.15) is 0 Å². The van der Waals surface area contributed by atoms with E-state index in [4.69, 9.17) is 5.73 Å². The molecule has 2 heteroatoms. The molecule has 0 saturated carbocycles. The number of rotatable bonds is 6. The molecule has 0 spiro atoms. The van der Waals surface area contributed by atoms with Crippen LogP contribution in [0.2, 0.25) is 0 Å². The van der Waals surface area contributed by atoms with Gasteiger partial charge in [0.05, 0.1) is 0 Å². The van der Waals surface area contributed by atoms with E-state index in [9.17, 15) is 0 Å². The number of benzene rings is 1. The molecule has 0 heterocycles.